The highest BCUT2D eigenvalue weighted by Crippen LogP contribution is 2.14. The zero-order chi connectivity index (χ0) is 8.85. The molecule has 0 spiro atoms. The first-order chi connectivity index (χ1) is 5.07. The topological polar surface area (TPSA) is 37.3 Å². The molecule has 0 bridgehead atoms. The molecule has 0 aliphatic rings. The van der Waals surface area contributed by atoms with Crippen LogP contribution >= 0.6 is 0 Å². The van der Waals surface area contributed by atoms with Crippen molar-refractivity contribution in [1.29, 1.82) is 0 Å². The van der Waals surface area contributed by atoms with Crippen LogP contribution in [0.3, 0.4) is 0 Å². The van der Waals surface area contributed by atoms with Crippen LogP contribution in [0, 0.1) is 5.92 Å². The predicted octanol–water partition coefficient (Wildman–Crippen LogP) is 2.45. The van der Waals surface area contributed by atoms with Crippen molar-refractivity contribution < 1.29 is 9.90 Å². The number of rotatable bonds is 4. The van der Waals surface area contributed by atoms with Gasteiger partial charge in [-0.1, -0.05) is 32.8 Å². The number of carbonyl (C=O) groups is 1. The van der Waals surface area contributed by atoms with Crippen LogP contribution in [0.5, 0.6) is 0 Å². The van der Waals surface area contributed by atoms with E-state index >= 15 is 0 Å². The van der Waals surface area contributed by atoms with E-state index in [4.69, 9.17) is 5.11 Å². The summed E-state index contributed by atoms with van der Waals surface area (Å²) in [4.78, 5) is 10.3. The van der Waals surface area contributed by atoms with Crippen LogP contribution in [0.4, 0.5) is 0 Å². The number of allylic oxidation sites excluding steroid dienone is 1. The monoisotopic (exact) mass is 156 g/mol. The molecule has 0 atom stereocenters. The van der Waals surface area contributed by atoms with E-state index in [1.54, 1.807) is 0 Å². The molecule has 0 rings (SSSR count). The normalized spacial score (nSPS) is 12.2. The summed E-state index contributed by atoms with van der Waals surface area (Å²) >= 11 is 0. The minimum Gasteiger partial charge on any atom is -0.478 e. The molecule has 11 heavy (non-hydrogen) atoms. The smallest absolute Gasteiger partial charge is 0.328 e. The Kier molecular flexibility index (Phi) is 4.59. The summed E-state index contributed by atoms with van der Waals surface area (Å²) in [6.07, 6.45) is 3.23. The van der Waals surface area contributed by atoms with Gasteiger partial charge in [0.15, 0.2) is 0 Å². The summed E-state index contributed by atoms with van der Waals surface area (Å²) in [6.45, 7) is 6.09. The zero-order valence-corrected chi connectivity index (χ0v) is 7.42. The molecule has 0 saturated heterocycles. The van der Waals surface area contributed by atoms with Gasteiger partial charge in [-0.05, 0) is 12.3 Å². The van der Waals surface area contributed by atoms with E-state index in [0.717, 1.165) is 18.4 Å². The molecule has 0 unspecified atom stereocenters. The van der Waals surface area contributed by atoms with Crippen molar-refractivity contribution in [3.8, 4) is 0 Å². The number of carboxylic acids is 1. The van der Waals surface area contributed by atoms with Crippen LogP contribution in [0.1, 0.15) is 33.6 Å². The van der Waals surface area contributed by atoms with Crippen LogP contribution in [0.25, 0.3) is 0 Å². The van der Waals surface area contributed by atoms with Gasteiger partial charge >= 0.3 is 5.97 Å². The van der Waals surface area contributed by atoms with Gasteiger partial charge in [0.2, 0.25) is 0 Å². The van der Waals surface area contributed by atoms with Crippen molar-refractivity contribution in [3.63, 3.8) is 0 Å². The third-order valence-electron chi connectivity index (χ3n) is 1.59. The van der Waals surface area contributed by atoms with Gasteiger partial charge in [-0.3, -0.25) is 0 Å². The second-order valence-electron chi connectivity index (χ2n) is 2.96. The molecule has 0 heterocycles. The Morgan fingerprint density at radius 1 is 1.55 bits per heavy atom. The summed E-state index contributed by atoms with van der Waals surface area (Å²) in [5.41, 5.74) is 1.03. The molecule has 0 fully saturated rings. The number of hydrogen-bond acceptors (Lipinski definition) is 1. The fourth-order valence-corrected chi connectivity index (χ4v) is 0.975. The lowest BCUT2D eigenvalue weighted by Gasteiger charge is -2.07. The van der Waals surface area contributed by atoms with E-state index < -0.39 is 5.97 Å². The first-order valence-electron chi connectivity index (χ1n) is 4.01. The standard InChI is InChI=1S/C9H16O2/c1-4-5-8(7(2)3)6-9(10)11/h6-7H,4-5H2,1-3H3,(H,10,11). The van der Waals surface area contributed by atoms with Crippen molar-refractivity contribution in [2.75, 3.05) is 0 Å². The molecule has 64 valence electrons. The van der Waals surface area contributed by atoms with Crippen molar-refractivity contribution in [2.45, 2.75) is 33.6 Å². The van der Waals surface area contributed by atoms with Gasteiger partial charge in [0.25, 0.3) is 0 Å². The minimum atomic E-state index is -0.831. The fourth-order valence-electron chi connectivity index (χ4n) is 0.975. The molecule has 0 saturated carbocycles. The highest BCUT2D eigenvalue weighted by Gasteiger charge is 2.03. The molecule has 0 radical (unpaired) electrons. The highest BCUT2D eigenvalue weighted by atomic mass is 16.4. The maximum Gasteiger partial charge on any atom is 0.328 e. The summed E-state index contributed by atoms with van der Waals surface area (Å²) in [7, 11) is 0. The molecule has 0 aromatic rings. The van der Waals surface area contributed by atoms with Crippen LogP contribution < -0.4 is 0 Å². The number of carboxylic acid groups (broad SMARTS) is 1. The Morgan fingerprint density at radius 3 is 2.36 bits per heavy atom. The molecule has 0 amide bonds. The van der Waals surface area contributed by atoms with E-state index in [-0.39, 0.29) is 0 Å². The van der Waals surface area contributed by atoms with Gasteiger partial charge in [0, 0.05) is 6.08 Å². The number of hydrogen-bond donors (Lipinski definition) is 1. The van der Waals surface area contributed by atoms with Crippen molar-refractivity contribution in [2.24, 2.45) is 5.92 Å². The zero-order valence-electron chi connectivity index (χ0n) is 7.42. The molecule has 0 aliphatic heterocycles. The fraction of sp³-hybridized carbons (Fsp3) is 0.667. The maximum atomic E-state index is 10.3. The second-order valence-corrected chi connectivity index (χ2v) is 2.96. The van der Waals surface area contributed by atoms with Gasteiger partial charge in [0.05, 0.1) is 0 Å². The Labute approximate surface area is 67.9 Å². The van der Waals surface area contributed by atoms with Crippen molar-refractivity contribution in [1.82, 2.24) is 0 Å². The quantitative estimate of drug-likeness (QED) is 0.635. The second kappa shape index (κ2) is 4.94. The van der Waals surface area contributed by atoms with Crippen LogP contribution in [-0.2, 0) is 4.79 Å². The summed E-state index contributed by atoms with van der Waals surface area (Å²) in [6, 6.07) is 0. The predicted molar refractivity (Wildman–Crippen MR) is 45.5 cm³/mol. The first kappa shape index (κ1) is 10.2. The average Bonchev–Trinajstić information content (AvgIpc) is 1.86. The largest absolute Gasteiger partial charge is 0.478 e. The minimum absolute atomic E-state index is 0.353. The SMILES string of the molecule is CCCC(=CC(=O)O)C(C)C. The van der Waals surface area contributed by atoms with Crippen LogP contribution in [0.2, 0.25) is 0 Å². The van der Waals surface area contributed by atoms with E-state index in [1.165, 1.54) is 6.08 Å². The van der Waals surface area contributed by atoms with Gasteiger partial charge < -0.3 is 5.11 Å². The Hall–Kier alpha value is -0.790. The highest BCUT2D eigenvalue weighted by molar-refractivity contribution is 5.80. The summed E-state index contributed by atoms with van der Waals surface area (Å²) in [5, 5.41) is 8.48. The Morgan fingerprint density at radius 2 is 2.09 bits per heavy atom. The molecule has 0 aromatic carbocycles. The van der Waals surface area contributed by atoms with Gasteiger partial charge in [0.1, 0.15) is 0 Å². The third-order valence-corrected chi connectivity index (χ3v) is 1.59. The van der Waals surface area contributed by atoms with Gasteiger partial charge in [-0.25, -0.2) is 4.79 Å². The van der Waals surface area contributed by atoms with E-state index in [0.29, 0.717) is 5.92 Å². The van der Waals surface area contributed by atoms with Crippen molar-refractivity contribution in [3.05, 3.63) is 11.6 Å². The molecular formula is C9H16O2. The lowest BCUT2D eigenvalue weighted by Crippen LogP contribution is -1.98. The van der Waals surface area contributed by atoms with Crippen LogP contribution in [-0.4, -0.2) is 11.1 Å². The van der Waals surface area contributed by atoms with E-state index in [1.807, 2.05) is 13.8 Å². The lowest BCUT2D eigenvalue weighted by atomic mass is 9.98. The number of aliphatic carboxylic acids is 1. The summed E-state index contributed by atoms with van der Waals surface area (Å²) < 4.78 is 0. The first-order valence-corrected chi connectivity index (χ1v) is 4.01. The van der Waals surface area contributed by atoms with Crippen LogP contribution in [0.15, 0.2) is 11.6 Å². The Balaban J connectivity index is 4.20. The third kappa shape index (κ3) is 4.59. The van der Waals surface area contributed by atoms with Gasteiger partial charge in [-0.2, -0.15) is 0 Å². The van der Waals surface area contributed by atoms with Crippen molar-refractivity contribution >= 4 is 5.97 Å². The lowest BCUT2D eigenvalue weighted by molar-refractivity contribution is -0.131. The molecule has 2 heteroatoms. The van der Waals surface area contributed by atoms with Gasteiger partial charge in [-0.15, -0.1) is 0 Å². The van der Waals surface area contributed by atoms with E-state index in [2.05, 4.69) is 6.92 Å². The summed E-state index contributed by atoms with van der Waals surface area (Å²) in [5.74, 6) is -0.479. The molecule has 1 N–H and O–H groups in total. The molecule has 2 nitrogen and oxygen atoms in total. The average molecular weight is 156 g/mol. The van der Waals surface area contributed by atoms with E-state index in [9.17, 15) is 4.79 Å². The molecule has 0 aliphatic carbocycles. The maximum absolute atomic E-state index is 10.3. The molecule has 0 aromatic heterocycles. The Bertz CT molecular complexity index is 157. The molecular weight excluding hydrogens is 140 g/mol.